The maximum atomic E-state index is 13.3. The summed E-state index contributed by atoms with van der Waals surface area (Å²) in [6.45, 7) is -0.00287. The number of nitrogens with zero attached hydrogens (tertiary/aromatic N) is 1. The van der Waals surface area contributed by atoms with Crippen LogP contribution in [0.25, 0.3) is 10.8 Å². The molecule has 0 radical (unpaired) electrons. The van der Waals surface area contributed by atoms with Gasteiger partial charge in [-0.2, -0.15) is 13.2 Å². The number of para-hydroxylation sites is 1. The van der Waals surface area contributed by atoms with Gasteiger partial charge in [0.2, 0.25) is 5.91 Å². The molecule has 4 rings (SSSR count). The Morgan fingerprint density at radius 3 is 2.29 bits per heavy atom. The summed E-state index contributed by atoms with van der Waals surface area (Å²) in [5, 5.41) is 8.68. The number of anilines is 1. The molecule has 0 saturated heterocycles. The molecular weight excluding hydrogens is 553 g/mol. The Kier molecular flexibility index (Phi) is 9.39. The summed E-state index contributed by atoms with van der Waals surface area (Å²) >= 11 is 0. The molecule has 0 bridgehead atoms. The average molecular weight is 578 g/mol. The third-order valence-corrected chi connectivity index (χ3v) is 5.97. The largest absolute Gasteiger partial charge is 0.496 e. The number of aliphatic carboxylic acids is 1. The zero-order valence-corrected chi connectivity index (χ0v) is 22.0. The van der Waals surface area contributed by atoms with Gasteiger partial charge >= 0.3 is 24.1 Å². The van der Waals surface area contributed by atoms with Crippen LogP contribution < -0.4 is 20.1 Å². The second kappa shape index (κ2) is 12.6. The predicted molar refractivity (Wildman–Crippen MR) is 138 cm³/mol. The number of nitrogens with two attached hydrogens (primary N) is 1. The second-order valence-corrected chi connectivity index (χ2v) is 8.46. The highest BCUT2D eigenvalue weighted by Crippen LogP contribution is 2.38. The van der Waals surface area contributed by atoms with E-state index in [-0.39, 0.29) is 30.4 Å². The van der Waals surface area contributed by atoms with Gasteiger partial charge in [-0.25, -0.2) is 14.4 Å². The molecule has 3 aromatic carbocycles. The summed E-state index contributed by atoms with van der Waals surface area (Å²) in [7, 11) is 4.13. The van der Waals surface area contributed by atoms with Crippen LogP contribution in [0.4, 0.5) is 18.9 Å². The van der Waals surface area contributed by atoms with E-state index in [9.17, 15) is 27.6 Å². The first-order valence-electron chi connectivity index (χ1n) is 11.7. The number of hydrogen-bond donors (Lipinski definition) is 2. The molecule has 41 heavy (non-hydrogen) atoms. The molecule has 3 aromatic rings. The van der Waals surface area contributed by atoms with E-state index in [0.29, 0.717) is 22.6 Å². The SMILES string of the molecule is COC(=O)c1ccc2c(CN3C(=O)[C@@H](N)COc4c(C(=O)OC)cccc43)c(OC)ccc2c1.O=C(O)C(F)(F)F. The van der Waals surface area contributed by atoms with Crippen molar-refractivity contribution in [3.63, 3.8) is 0 Å². The molecule has 0 spiro atoms. The minimum atomic E-state index is -5.08. The van der Waals surface area contributed by atoms with Crippen LogP contribution in [0, 0.1) is 0 Å². The number of methoxy groups -OCH3 is 3. The molecule has 11 nitrogen and oxygen atoms in total. The van der Waals surface area contributed by atoms with Gasteiger partial charge in [0.05, 0.1) is 39.1 Å². The lowest BCUT2D eigenvalue weighted by Gasteiger charge is -2.25. The van der Waals surface area contributed by atoms with Crippen molar-refractivity contribution >= 4 is 40.3 Å². The predicted octanol–water partition coefficient (Wildman–Crippen LogP) is 3.31. The van der Waals surface area contributed by atoms with Gasteiger partial charge < -0.3 is 34.7 Å². The summed E-state index contributed by atoms with van der Waals surface area (Å²) in [4.78, 5) is 48.0. The van der Waals surface area contributed by atoms with Crippen LogP contribution in [0.15, 0.2) is 48.5 Å². The Morgan fingerprint density at radius 1 is 1.05 bits per heavy atom. The number of halogens is 3. The fraction of sp³-hybridized carbons (Fsp3) is 0.259. The van der Waals surface area contributed by atoms with E-state index in [1.807, 2.05) is 6.07 Å². The molecule has 1 aliphatic heterocycles. The first kappa shape index (κ1) is 30.7. The number of benzene rings is 3. The van der Waals surface area contributed by atoms with Gasteiger partial charge in [0.1, 0.15) is 24.0 Å². The van der Waals surface area contributed by atoms with Crippen molar-refractivity contribution in [2.45, 2.75) is 18.8 Å². The molecule has 0 fully saturated rings. The monoisotopic (exact) mass is 578 g/mol. The van der Waals surface area contributed by atoms with E-state index in [4.69, 9.17) is 34.6 Å². The molecule has 1 atom stereocenters. The highest BCUT2D eigenvalue weighted by Gasteiger charge is 2.38. The van der Waals surface area contributed by atoms with E-state index in [2.05, 4.69) is 0 Å². The Labute approximate surface area is 231 Å². The van der Waals surface area contributed by atoms with Crippen molar-refractivity contribution < 1.29 is 56.4 Å². The summed E-state index contributed by atoms with van der Waals surface area (Å²) in [5.74, 6) is -3.39. The molecule has 0 aliphatic carbocycles. The van der Waals surface area contributed by atoms with Gasteiger partial charge in [-0.3, -0.25) is 4.79 Å². The lowest BCUT2D eigenvalue weighted by Crippen LogP contribution is -2.45. The first-order chi connectivity index (χ1) is 19.3. The lowest BCUT2D eigenvalue weighted by atomic mass is 10.00. The molecule has 0 unspecified atom stereocenters. The number of carbonyl (C=O) groups excluding carboxylic acids is 3. The zero-order valence-electron chi connectivity index (χ0n) is 22.0. The van der Waals surface area contributed by atoms with Crippen LogP contribution in [0.5, 0.6) is 11.5 Å². The van der Waals surface area contributed by atoms with Gasteiger partial charge in [-0.1, -0.05) is 18.2 Å². The van der Waals surface area contributed by atoms with Gasteiger partial charge in [0.15, 0.2) is 5.75 Å². The van der Waals surface area contributed by atoms with Crippen LogP contribution in [0.3, 0.4) is 0 Å². The van der Waals surface area contributed by atoms with Crippen molar-refractivity contribution in [2.24, 2.45) is 5.73 Å². The second-order valence-electron chi connectivity index (χ2n) is 8.46. The number of carbonyl (C=O) groups is 4. The number of esters is 2. The fourth-order valence-corrected chi connectivity index (χ4v) is 4.02. The summed E-state index contributed by atoms with van der Waals surface area (Å²) in [6.07, 6.45) is -5.08. The molecule has 1 heterocycles. The summed E-state index contributed by atoms with van der Waals surface area (Å²) in [6, 6.07) is 12.7. The topological polar surface area (TPSA) is 155 Å². The smallest absolute Gasteiger partial charge is 0.490 e. The maximum absolute atomic E-state index is 13.3. The van der Waals surface area contributed by atoms with Crippen molar-refractivity contribution in [3.8, 4) is 11.5 Å². The number of carboxylic acid groups (broad SMARTS) is 1. The number of ether oxygens (including phenoxy) is 4. The standard InChI is InChI=1S/C25H24N2O7.C2HF3O2/c1-31-21-10-8-14-11-15(24(29)32-2)7-9-16(14)18(21)12-27-20-6-4-5-17(25(30)33-3)22(20)34-13-19(26)23(27)28;3-2(4,5)1(6)7/h4-11,19H,12-13,26H2,1-3H3;(H,6,7)/t19-;/m0./s1. The molecular formula is C27H25F3N2O9. The van der Waals surface area contributed by atoms with Gasteiger partial charge in [-0.05, 0) is 41.1 Å². The molecule has 3 N–H and O–H groups in total. The molecule has 218 valence electrons. The van der Waals surface area contributed by atoms with Crippen molar-refractivity contribution in [3.05, 3.63) is 65.2 Å². The lowest BCUT2D eigenvalue weighted by molar-refractivity contribution is -0.192. The zero-order chi connectivity index (χ0) is 30.5. The maximum Gasteiger partial charge on any atom is 0.490 e. The fourth-order valence-electron chi connectivity index (χ4n) is 4.02. The normalized spacial score (nSPS) is 14.6. The third kappa shape index (κ3) is 6.66. The Morgan fingerprint density at radius 2 is 1.71 bits per heavy atom. The quantitative estimate of drug-likeness (QED) is 0.431. The van der Waals surface area contributed by atoms with E-state index in [1.54, 1.807) is 42.5 Å². The van der Waals surface area contributed by atoms with Crippen LogP contribution in [0.1, 0.15) is 26.3 Å². The van der Waals surface area contributed by atoms with E-state index >= 15 is 0 Å². The Bertz CT molecular complexity index is 1490. The number of fused-ring (bicyclic) bond motifs is 2. The van der Waals surface area contributed by atoms with Crippen LogP contribution >= 0.6 is 0 Å². The number of amides is 1. The number of rotatable bonds is 5. The van der Waals surface area contributed by atoms with Gasteiger partial charge in [0.25, 0.3) is 0 Å². The highest BCUT2D eigenvalue weighted by molar-refractivity contribution is 6.03. The number of carboxylic acids is 1. The Balaban J connectivity index is 0.000000587. The molecule has 1 aliphatic rings. The molecule has 0 aromatic heterocycles. The van der Waals surface area contributed by atoms with E-state index in [0.717, 1.165) is 10.8 Å². The van der Waals surface area contributed by atoms with E-state index < -0.39 is 30.1 Å². The van der Waals surface area contributed by atoms with Gasteiger partial charge in [-0.15, -0.1) is 0 Å². The van der Waals surface area contributed by atoms with Crippen LogP contribution in [-0.4, -0.2) is 69.1 Å². The van der Waals surface area contributed by atoms with E-state index in [1.165, 1.54) is 26.2 Å². The average Bonchev–Trinajstić information content (AvgIpc) is 3.07. The van der Waals surface area contributed by atoms with Crippen molar-refractivity contribution in [2.75, 3.05) is 32.8 Å². The van der Waals surface area contributed by atoms with Crippen LogP contribution in [-0.2, 0) is 25.6 Å². The minimum absolute atomic E-state index is 0.0889. The number of alkyl halides is 3. The Hall–Kier alpha value is -4.85. The van der Waals surface area contributed by atoms with Crippen LogP contribution in [0.2, 0.25) is 0 Å². The van der Waals surface area contributed by atoms with Gasteiger partial charge in [0, 0.05) is 5.56 Å². The molecule has 14 heteroatoms. The highest BCUT2D eigenvalue weighted by atomic mass is 19.4. The minimum Gasteiger partial charge on any atom is -0.496 e. The number of hydrogen-bond acceptors (Lipinski definition) is 9. The summed E-state index contributed by atoms with van der Waals surface area (Å²) in [5.41, 5.74) is 7.79. The summed E-state index contributed by atoms with van der Waals surface area (Å²) < 4.78 is 52.8. The van der Waals surface area contributed by atoms with Crippen molar-refractivity contribution in [1.29, 1.82) is 0 Å². The first-order valence-corrected chi connectivity index (χ1v) is 11.7. The third-order valence-electron chi connectivity index (χ3n) is 5.97. The van der Waals surface area contributed by atoms with Crippen molar-refractivity contribution in [1.82, 2.24) is 0 Å². The molecule has 1 amide bonds. The molecule has 0 saturated carbocycles.